The minimum atomic E-state index is -2.39. The molecule has 5 aromatic carbocycles. The molecule has 8 rings (SSSR count). The second kappa shape index (κ2) is 13.4. The summed E-state index contributed by atoms with van der Waals surface area (Å²) < 4.78 is 35.0. The third kappa shape index (κ3) is 6.46. The van der Waals surface area contributed by atoms with Gasteiger partial charge in [-0.3, -0.25) is 4.57 Å². The van der Waals surface area contributed by atoms with Crippen molar-refractivity contribution in [2.75, 3.05) is 0 Å². The molecule has 0 radical (unpaired) electrons. The molecule has 0 saturated heterocycles. The molecule has 55 heavy (non-hydrogen) atoms. The maximum Gasteiger partial charge on any atom is 0.227 e. The number of rotatable bonds is 6. The van der Waals surface area contributed by atoms with E-state index in [1.165, 1.54) is 33.4 Å². The van der Waals surface area contributed by atoms with E-state index in [9.17, 15) is 0 Å². The summed E-state index contributed by atoms with van der Waals surface area (Å²) in [6.07, 6.45) is 0. The van der Waals surface area contributed by atoms with Crippen molar-refractivity contribution < 1.29 is 8.53 Å². The van der Waals surface area contributed by atoms with E-state index in [1.54, 1.807) is 6.07 Å². The quantitative estimate of drug-likeness (QED) is 0.171. The van der Waals surface area contributed by atoms with Crippen LogP contribution in [-0.4, -0.2) is 14.5 Å². The first-order valence-corrected chi connectivity index (χ1v) is 19.6. The van der Waals surface area contributed by atoms with Crippen molar-refractivity contribution in [2.45, 2.75) is 98.8 Å². The van der Waals surface area contributed by atoms with Crippen molar-refractivity contribution in [3.05, 3.63) is 137 Å². The first-order valence-electron chi connectivity index (χ1n) is 21.1. The standard InChI is InChI=1S/C51H53N3O/c1-30(2)40-27-34(33-17-13-12-14-18-33)28-41(31(3)4)46(40)54-44-20-16-15-19-43(44)52-48(54)39-22-21-32(5)45-38-23-24-42(53-49(38)55-47(39)45)35-25-36(50(6,7)8)29-37(26-35)51(9,10)11/h12-31H,1-11H3/i5D3. The van der Waals surface area contributed by atoms with Crippen molar-refractivity contribution in [3.8, 4) is 39.5 Å². The molecular formula is C51H53N3O. The van der Waals surface area contributed by atoms with E-state index >= 15 is 0 Å². The first-order chi connectivity index (χ1) is 27.3. The lowest BCUT2D eigenvalue weighted by Gasteiger charge is -2.26. The third-order valence-electron chi connectivity index (χ3n) is 11.0. The minimum absolute atomic E-state index is 0.0683. The number of pyridine rings is 1. The Morgan fingerprint density at radius 2 is 1.27 bits per heavy atom. The zero-order valence-electron chi connectivity index (χ0n) is 36.8. The fraction of sp³-hybridized carbons (Fsp3) is 0.294. The van der Waals surface area contributed by atoms with Crippen LogP contribution in [0, 0.1) is 6.85 Å². The summed E-state index contributed by atoms with van der Waals surface area (Å²) in [7, 11) is 0. The van der Waals surface area contributed by atoms with Crippen LogP contribution in [0.4, 0.5) is 0 Å². The van der Waals surface area contributed by atoms with Crippen LogP contribution in [0.25, 0.3) is 72.6 Å². The number of fused-ring (bicyclic) bond motifs is 4. The third-order valence-corrected chi connectivity index (χ3v) is 11.0. The molecule has 0 amide bonds. The van der Waals surface area contributed by atoms with Gasteiger partial charge in [0.05, 0.1) is 28.0 Å². The molecule has 278 valence electrons. The SMILES string of the molecule is [2H]C([2H])([2H])c1ccc(-c2nc3ccccc3n2-c2c(C(C)C)cc(-c3ccccc3)cc2C(C)C)c2oc3nc(-c4cc(C(C)(C)C)cc(C(C)(C)C)c4)ccc3c12. The number of hydrogen-bond donors (Lipinski definition) is 0. The largest absolute Gasteiger partial charge is 0.437 e. The number of aryl methyl sites for hydroxylation is 1. The Balaban J connectivity index is 1.43. The number of imidazole rings is 1. The molecule has 0 bridgehead atoms. The van der Waals surface area contributed by atoms with Gasteiger partial charge in [0.15, 0.2) is 0 Å². The predicted molar refractivity (Wildman–Crippen MR) is 233 cm³/mol. The molecule has 3 heterocycles. The van der Waals surface area contributed by atoms with E-state index in [2.05, 4.69) is 141 Å². The zero-order chi connectivity index (χ0) is 41.5. The summed E-state index contributed by atoms with van der Waals surface area (Å²) in [5, 5.41) is 1.20. The molecular weight excluding hydrogens is 671 g/mol. The van der Waals surface area contributed by atoms with E-state index in [0.717, 1.165) is 28.0 Å². The lowest BCUT2D eigenvalue weighted by Crippen LogP contribution is -2.16. The average Bonchev–Trinajstić information content (AvgIpc) is 3.74. The first kappa shape index (κ1) is 32.9. The van der Waals surface area contributed by atoms with E-state index in [1.807, 2.05) is 36.4 Å². The van der Waals surface area contributed by atoms with Gasteiger partial charge in [-0.2, -0.15) is 0 Å². The van der Waals surface area contributed by atoms with Gasteiger partial charge in [0.2, 0.25) is 5.71 Å². The van der Waals surface area contributed by atoms with E-state index in [4.69, 9.17) is 18.5 Å². The van der Waals surface area contributed by atoms with Crippen molar-refractivity contribution >= 4 is 33.1 Å². The molecule has 0 aliphatic heterocycles. The van der Waals surface area contributed by atoms with Gasteiger partial charge in [0.25, 0.3) is 0 Å². The number of hydrogen-bond acceptors (Lipinski definition) is 3. The number of para-hydroxylation sites is 2. The summed E-state index contributed by atoms with van der Waals surface area (Å²) in [6, 6.07) is 37.7. The molecule has 0 aliphatic rings. The molecule has 3 aromatic heterocycles. The van der Waals surface area contributed by atoms with Crippen molar-refractivity contribution in [3.63, 3.8) is 0 Å². The van der Waals surface area contributed by atoms with E-state index in [0.29, 0.717) is 33.5 Å². The topological polar surface area (TPSA) is 43.9 Å². The highest BCUT2D eigenvalue weighted by Gasteiger charge is 2.27. The van der Waals surface area contributed by atoms with Gasteiger partial charge in [-0.15, -0.1) is 0 Å². The molecule has 0 spiro atoms. The normalized spacial score (nSPS) is 13.6. The van der Waals surface area contributed by atoms with Crippen LogP contribution in [0.3, 0.4) is 0 Å². The van der Waals surface area contributed by atoms with Gasteiger partial charge in [-0.1, -0.05) is 124 Å². The smallest absolute Gasteiger partial charge is 0.227 e. The van der Waals surface area contributed by atoms with Gasteiger partial charge in [0, 0.05) is 20.4 Å². The fourth-order valence-corrected chi connectivity index (χ4v) is 7.79. The number of benzene rings is 5. The average molecular weight is 727 g/mol. The number of nitrogens with zero attached hydrogens (tertiary/aromatic N) is 3. The second-order valence-corrected chi connectivity index (χ2v) is 17.8. The molecule has 0 saturated carbocycles. The predicted octanol–water partition coefficient (Wildman–Crippen LogP) is 14.5. The van der Waals surface area contributed by atoms with Crippen LogP contribution in [0.2, 0.25) is 0 Å². The highest BCUT2D eigenvalue weighted by Crippen LogP contribution is 2.44. The van der Waals surface area contributed by atoms with E-state index in [-0.39, 0.29) is 28.2 Å². The van der Waals surface area contributed by atoms with Gasteiger partial charge >= 0.3 is 0 Å². The van der Waals surface area contributed by atoms with E-state index < -0.39 is 6.85 Å². The van der Waals surface area contributed by atoms with Gasteiger partial charge < -0.3 is 4.42 Å². The van der Waals surface area contributed by atoms with Crippen LogP contribution in [-0.2, 0) is 10.8 Å². The Labute approximate surface area is 330 Å². The Hall–Kier alpha value is -5.48. The van der Waals surface area contributed by atoms with Gasteiger partial charge in [0.1, 0.15) is 11.4 Å². The van der Waals surface area contributed by atoms with Gasteiger partial charge in [-0.05, 0) is 123 Å². The van der Waals surface area contributed by atoms with Crippen LogP contribution in [0.15, 0.2) is 114 Å². The lowest BCUT2D eigenvalue weighted by atomic mass is 9.79. The van der Waals surface area contributed by atoms with Crippen LogP contribution in [0.5, 0.6) is 0 Å². The minimum Gasteiger partial charge on any atom is -0.437 e. The summed E-state index contributed by atoms with van der Waals surface area (Å²) in [6.45, 7) is 19.9. The van der Waals surface area contributed by atoms with Crippen LogP contribution in [0.1, 0.15) is 113 Å². The Morgan fingerprint density at radius 1 is 0.636 bits per heavy atom. The number of aromatic nitrogens is 3. The summed E-state index contributed by atoms with van der Waals surface area (Å²) in [5.41, 5.74) is 13.5. The Morgan fingerprint density at radius 3 is 1.89 bits per heavy atom. The monoisotopic (exact) mass is 726 g/mol. The Kier molecular flexibility index (Phi) is 8.00. The molecule has 0 atom stereocenters. The second-order valence-electron chi connectivity index (χ2n) is 17.8. The highest BCUT2D eigenvalue weighted by molar-refractivity contribution is 6.10. The van der Waals surface area contributed by atoms with Gasteiger partial charge in [-0.25, -0.2) is 9.97 Å². The molecule has 0 N–H and O–H groups in total. The summed E-state index contributed by atoms with van der Waals surface area (Å²) in [4.78, 5) is 10.5. The fourth-order valence-electron chi connectivity index (χ4n) is 7.79. The lowest BCUT2D eigenvalue weighted by molar-refractivity contribution is 0.569. The van der Waals surface area contributed by atoms with Crippen LogP contribution >= 0.6 is 0 Å². The molecule has 4 nitrogen and oxygen atoms in total. The Bertz CT molecular complexity index is 2780. The summed E-state index contributed by atoms with van der Waals surface area (Å²) >= 11 is 0. The zero-order valence-corrected chi connectivity index (χ0v) is 33.8. The number of furan rings is 1. The maximum atomic E-state index is 8.64. The molecule has 8 aromatic rings. The van der Waals surface area contributed by atoms with Crippen molar-refractivity contribution in [1.29, 1.82) is 0 Å². The highest BCUT2D eigenvalue weighted by atomic mass is 16.3. The molecule has 0 unspecified atom stereocenters. The molecule has 0 aliphatic carbocycles. The molecule has 4 heteroatoms. The molecule has 0 fully saturated rings. The van der Waals surface area contributed by atoms with Crippen molar-refractivity contribution in [1.82, 2.24) is 14.5 Å². The maximum absolute atomic E-state index is 8.64. The van der Waals surface area contributed by atoms with Crippen LogP contribution < -0.4 is 0 Å². The van der Waals surface area contributed by atoms with Crippen molar-refractivity contribution in [2.24, 2.45) is 0 Å². The summed E-state index contributed by atoms with van der Waals surface area (Å²) in [5.74, 6) is 1.06.